The molecule has 0 atom stereocenters. The van der Waals surface area contributed by atoms with Crippen molar-refractivity contribution in [2.24, 2.45) is 0 Å². The number of hydrogen-bond donors (Lipinski definition) is 2. The van der Waals surface area contributed by atoms with Gasteiger partial charge in [0.1, 0.15) is 0 Å². The largest absolute Gasteiger partial charge is 0.441 e. The number of aromatic nitrogens is 1. The molecule has 2 amide bonds. The molecule has 4 rings (SSSR count). The second kappa shape index (κ2) is 8.31. The maximum Gasteiger partial charge on any atom is 0.253 e. The third-order valence-corrected chi connectivity index (χ3v) is 4.81. The lowest BCUT2D eigenvalue weighted by Crippen LogP contribution is -2.27. The van der Waals surface area contributed by atoms with Crippen LogP contribution in [0, 0.1) is 6.92 Å². The Hall–Kier alpha value is -3.41. The van der Waals surface area contributed by atoms with E-state index in [0.717, 1.165) is 18.4 Å². The highest BCUT2D eigenvalue weighted by atomic mass is 16.4. The van der Waals surface area contributed by atoms with Crippen LogP contribution in [0.4, 0.5) is 5.69 Å². The summed E-state index contributed by atoms with van der Waals surface area (Å²) in [4.78, 5) is 29.0. The fourth-order valence-corrected chi connectivity index (χ4v) is 2.99. The summed E-state index contributed by atoms with van der Waals surface area (Å²) >= 11 is 0. The summed E-state index contributed by atoms with van der Waals surface area (Å²) in [5, 5.41) is 5.78. The Morgan fingerprint density at radius 2 is 1.86 bits per heavy atom. The summed E-state index contributed by atoms with van der Waals surface area (Å²) in [6.45, 7) is 2.03. The molecule has 29 heavy (non-hydrogen) atoms. The van der Waals surface area contributed by atoms with Crippen LogP contribution in [0.5, 0.6) is 0 Å². The Balaban J connectivity index is 1.35. The highest BCUT2D eigenvalue weighted by Gasteiger charge is 2.25. The van der Waals surface area contributed by atoms with Crippen molar-refractivity contribution in [2.45, 2.75) is 38.6 Å². The first-order valence-electron chi connectivity index (χ1n) is 9.80. The Morgan fingerprint density at radius 3 is 2.62 bits per heavy atom. The third kappa shape index (κ3) is 4.90. The van der Waals surface area contributed by atoms with Gasteiger partial charge < -0.3 is 15.1 Å². The molecule has 2 N–H and O–H groups in total. The molecule has 1 aliphatic rings. The molecule has 0 saturated heterocycles. The van der Waals surface area contributed by atoms with E-state index in [9.17, 15) is 9.59 Å². The van der Waals surface area contributed by atoms with Crippen molar-refractivity contribution in [2.75, 3.05) is 5.32 Å². The highest BCUT2D eigenvalue weighted by molar-refractivity contribution is 6.03. The molecular weight excluding hydrogens is 366 g/mol. The predicted octanol–water partition coefficient (Wildman–Crippen LogP) is 4.11. The number of carbonyl (C=O) groups excluding carboxylic acids is 2. The summed E-state index contributed by atoms with van der Waals surface area (Å²) in [6, 6.07) is 15.3. The topological polar surface area (TPSA) is 84.2 Å². The minimum atomic E-state index is -0.188. The Bertz CT molecular complexity index is 1020. The van der Waals surface area contributed by atoms with Crippen LogP contribution >= 0.6 is 0 Å². The van der Waals surface area contributed by atoms with Crippen LogP contribution in [0.2, 0.25) is 0 Å². The zero-order chi connectivity index (χ0) is 20.2. The van der Waals surface area contributed by atoms with Crippen molar-refractivity contribution < 1.29 is 14.0 Å². The van der Waals surface area contributed by atoms with Crippen molar-refractivity contribution in [3.8, 4) is 11.3 Å². The second-order valence-corrected chi connectivity index (χ2v) is 7.33. The SMILES string of the molecule is Cc1ccc(-c2cnc(CCC(=O)Nc3ccccc3C(=O)NC3CC3)o2)cc1. The fraction of sp³-hybridized carbons (Fsp3) is 0.261. The van der Waals surface area contributed by atoms with Crippen molar-refractivity contribution in [3.05, 3.63) is 71.7 Å². The van der Waals surface area contributed by atoms with Crippen molar-refractivity contribution in [1.29, 1.82) is 0 Å². The predicted molar refractivity (Wildman–Crippen MR) is 111 cm³/mol. The van der Waals surface area contributed by atoms with E-state index in [2.05, 4.69) is 15.6 Å². The number of amides is 2. The number of oxazole rings is 1. The normalized spacial score (nSPS) is 13.1. The van der Waals surface area contributed by atoms with Crippen LogP contribution < -0.4 is 10.6 Å². The standard InChI is InChI=1S/C23H23N3O3/c1-15-6-8-16(9-7-15)20-14-24-22(29-20)13-12-21(27)26-19-5-3-2-4-18(19)23(28)25-17-10-11-17/h2-9,14,17H,10-13H2,1H3,(H,25,28)(H,26,27). The molecule has 6 heteroatoms. The number of rotatable bonds is 7. The summed E-state index contributed by atoms with van der Waals surface area (Å²) in [7, 11) is 0. The fourth-order valence-electron chi connectivity index (χ4n) is 2.99. The summed E-state index contributed by atoms with van der Waals surface area (Å²) in [6.07, 6.45) is 4.30. The minimum absolute atomic E-state index is 0.154. The van der Waals surface area contributed by atoms with Gasteiger partial charge in [0.2, 0.25) is 5.91 Å². The first-order valence-corrected chi connectivity index (χ1v) is 9.80. The zero-order valence-corrected chi connectivity index (χ0v) is 16.3. The van der Waals surface area contributed by atoms with Gasteiger partial charge in [0, 0.05) is 24.4 Å². The maximum absolute atomic E-state index is 12.4. The monoisotopic (exact) mass is 389 g/mol. The summed E-state index contributed by atoms with van der Waals surface area (Å²) in [5.41, 5.74) is 3.12. The van der Waals surface area contributed by atoms with E-state index in [1.165, 1.54) is 5.56 Å². The van der Waals surface area contributed by atoms with Gasteiger partial charge in [-0.1, -0.05) is 42.0 Å². The van der Waals surface area contributed by atoms with Gasteiger partial charge in [0.15, 0.2) is 11.7 Å². The first-order chi connectivity index (χ1) is 14.1. The molecule has 1 heterocycles. The quantitative estimate of drug-likeness (QED) is 0.637. The molecule has 1 saturated carbocycles. The lowest BCUT2D eigenvalue weighted by molar-refractivity contribution is -0.116. The molecule has 0 radical (unpaired) electrons. The molecule has 6 nitrogen and oxygen atoms in total. The van der Waals surface area contributed by atoms with E-state index in [4.69, 9.17) is 4.42 Å². The molecule has 2 aromatic carbocycles. The van der Waals surface area contributed by atoms with Gasteiger partial charge >= 0.3 is 0 Å². The van der Waals surface area contributed by atoms with E-state index in [0.29, 0.717) is 29.3 Å². The van der Waals surface area contributed by atoms with Gasteiger partial charge in [-0.15, -0.1) is 0 Å². The lowest BCUT2D eigenvalue weighted by Gasteiger charge is -2.10. The molecule has 1 aromatic heterocycles. The van der Waals surface area contributed by atoms with E-state index < -0.39 is 0 Å². The maximum atomic E-state index is 12.4. The Labute approximate surface area is 169 Å². The number of aryl methyl sites for hydroxylation is 2. The van der Waals surface area contributed by atoms with E-state index in [1.807, 2.05) is 31.2 Å². The molecule has 3 aromatic rings. The highest BCUT2D eigenvalue weighted by Crippen LogP contribution is 2.23. The van der Waals surface area contributed by atoms with E-state index in [1.54, 1.807) is 30.5 Å². The van der Waals surface area contributed by atoms with Crippen LogP contribution in [-0.2, 0) is 11.2 Å². The van der Waals surface area contributed by atoms with Gasteiger partial charge in [-0.25, -0.2) is 4.98 Å². The van der Waals surface area contributed by atoms with Crippen molar-refractivity contribution in [3.63, 3.8) is 0 Å². The van der Waals surface area contributed by atoms with Gasteiger partial charge in [-0.05, 0) is 31.9 Å². The van der Waals surface area contributed by atoms with Crippen molar-refractivity contribution in [1.82, 2.24) is 10.3 Å². The van der Waals surface area contributed by atoms with Crippen LogP contribution in [-0.4, -0.2) is 22.8 Å². The third-order valence-electron chi connectivity index (χ3n) is 4.81. The zero-order valence-electron chi connectivity index (χ0n) is 16.3. The van der Waals surface area contributed by atoms with Gasteiger partial charge in [0.05, 0.1) is 17.4 Å². The number of hydrogen-bond acceptors (Lipinski definition) is 4. The van der Waals surface area contributed by atoms with Crippen LogP contribution in [0.25, 0.3) is 11.3 Å². The average Bonchev–Trinajstić information content (AvgIpc) is 3.41. The van der Waals surface area contributed by atoms with Gasteiger partial charge in [-0.2, -0.15) is 0 Å². The molecule has 1 aliphatic carbocycles. The number of para-hydroxylation sites is 1. The molecule has 1 fully saturated rings. The van der Waals surface area contributed by atoms with Crippen LogP contribution in [0.1, 0.15) is 41.1 Å². The van der Waals surface area contributed by atoms with E-state index in [-0.39, 0.29) is 24.3 Å². The Kier molecular flexibility index (Phi) is 5.42. The lowest BCUT2D eigenvalue weighted by atomic mass is 10.1. The van der Waals surface area contributed by atoms with Crippen LogP contribution in [0.15, 0.2) is 59.1 Å². The number of carbonyl (C=O) groups is 2. The second-order valence-electron chi connectivity index (χ2n) is 7.33. The number of benzene rings is 2. The van der Waals surface area contributed by atoms with Crippen LogP contribution in [0.3, 0.4) is 0 Å². The van der Waals surface area contributed by atoms with Crippen molar-refractivity contribution >= 4 is 17.5 Å². The van der Waals surface area contributed by atoms with Gasteiger partial charge in [0.25, 0.3) is 5.91 Å². The molecule has 0 unspecified atom stereocenters. The smallest absolute Gasteiger partial charge is 0.253 e. The van der Waals surface area contributed by atoms with E-state index >= 15 is 0 Å². The average molecular weight is 389 g/mol. The molecule has 148 valence electrons. The number of nitrogens with zero attached hydrogens (tertiary/aromatic N) is 1. The molecular formula is C23H23N3O3. The number of nitrogens with one attached hydrogen (secondary N) is 2. The van der Waals surface area contributed by atoms with Gasteiger partial charge in [-0.3, -0.25) is 9.59 Å². The number of anilines is 1. The Morgan fingerprint density at radius 1 is 1.10 bits per heavy atom. The summed E-state index contributed by atoms with van der Waals surface area (Å²) in [5.74, 6) is 0.851. The summed E-state index contributed by atoms with van der Waals surface area (Å²) < 4.78 is 5.77. The minimum Gasteiger partial charge on any atom is -0.441 e. The molecule has 0 bridgehead atoms. The molecule has 0 aliphatic heterocycles. The molecule has 0 spiro atoms. The first kappa shape index (κ1) is 18.9.